The molecule has 3 nitrogen and oxygen atoms in total. The summed E-state index contributed by atoms with van der Waals surface area (Å²) in [6.07, 6.45) is -4.38. The Morgan fingerprint density at radius 1 is 1.24 bits per heavy atom. The maximum atomic E-state index is 12.5. The fraction of sp³-hybridized carbons (Fsp3) is 0.500. The molecule has 118 valence electrons. The van der Waals surface area contributed by atoms with Gasteiger partial charge in [-0.15, -0.1) is 12.4 Å². The largest absolute Gasteiger partial charge is 0.416 e. The molecule has 1 aliphatic rings. The Bertz CT molecular complexity index is 490. The minimum atomic E-state index is -4.38. The van der Waals surface area contributed by atoms with Gasteiger partial charge in [-0.05, 0) is 38.1 Å². The van der Waals surface area contributed by atoms with Crippen LogP contribution in [0, 0.1) is 0 Å². The first kappa shape index (κ1) is 17.8. The Hall–Kier alpha value is -1.27. The van der Waals surface area contributed by atoms with Crippen molar-refractivity contribution in [3.63, 3.8) is 0 Å². The fourth-order valence-electron chi connectivity index (χ4n) is 2.27. The van der Waals surface area contributed by atoms with Gasteiger partial charge in [0.15, 0.2) is 0 Å². The summed E-state index contributed by atoms with van der Waals surface area (Å²) >= 11 is 0. The molecule has 1 N–H and O–H groups in total. The van der Waals surface area contributed by atoms with Crippen molar-refractivity contribution in [1.29, 1.82) is 0 Å². The Kier molecular flexibility index (Phi) is 5.64. The van der Waals surface area contributed by atoms with Crippen molar-refractivity contribution >= 4 is 18.3 Å². The van der Waals surface area contributed by atoms with E-state index in [1.165, 1.54) is 12.1 Å². The summed E-state index contributed by atoms with van der Waals surface area (Å²) in [6, 6.07) is 4.59. The Morgan fingerprint density at radius 3 is 2.33 bits per heavy atom. The summed E-state index contributed by atoms with van der Waals surface area (Å²) in [7, 11) is 0. The van der Waals surface area contributed by atoms with E-state index in [1.54, 1.807) is 4.90 Å². The van der Waals surface area contributed by atoms with Gasteiger partial charge in [-0.3, -0.25) is 4.79 Å². The number of hydrogen-bond donors (Lipinski definition) is 1. The molecular formula is C14H18ClF3N2O. The zero-order valence-electron chi connectivity index (χ0n) is 11.8. The summed E-state index contributed by atoms with van der Waals surface area (Å²) in [5, 5.41) is 3.25. The molecule has 1 heterocycles. The van der Waals surface area contributed by atoms with Gasteiger partial charge in [0.05, 0.1) is 5.56 Å². The number of rotatable bonds is 1. The van der Waals surface area contributed by atoms with E-state index in [9.17, 15) is 18.0 Å². The third-order valence-electron chi connectivity index (χ3n) is 3.48. The highest BCUT2D eigenvalue weighted by Crippen LogP contribution is 2.29. The van der Waals surface area contributed by atoms with Gasteiger partial charge in [-0.2, -0.15) is 13.2 Å². The predicted octanol–water partition coefficient (Wildman–Crippen LogP) is 2.95. The second-order valence-electron chi connectivity index (χ2n) is 5.19. The lowest BCUT2D eigenvalue weighted by Crippen LogP contribution is -2.56. The highest BCUT2D eigenvalue weighted by Gasteiger charge is 2.31. The van der Waals surface area contributed by atoms with Crippen LogP contribution in [0.3, 0.4) is 0 Å². The second kappa shape index (κ2) is 6.66. The standard InChI is InChI=1S/C14H17F3N2O.ClH/c1-9-8-19(10(2)7-18-9)13(20)11-3-5-12(6-4-11)14(15,16)17;/h3-6,9-10,18H,7-8H2,1-2H3;1H. The van der Waals surface area contributed by atoms with Crippen molar-refractivity contribution in [1.82, 2.24) is 10.2 Å². The SMILES string of the molecule is CC1CN(C(=O)c2ccc(C(F)(F)F)cc2)C(C)CN1.Cl. The zero-order valence-corrected chi connectivity index (χ0v) is 12.6. The first-order valence-electron chi connectivity index (χ1n) is 6.50. The molecule has 1 aromatic rings. The molecular weight excluding hydrogens is 305 g/mol. The third-order valence-corrected chi connectivity index (χ3v) is 3.48. The smallest absolute Gasteiger partial charge is 0.333 e. The Morgan fingerprint density at radius 2 is 1.81 bits per heavy atom. The highest BCUT2D eigenvalue weighted by molar-refractivity contribution is 5.94. The van der Waals surface area contributed by atoms with Crippen LogP contribution in [0.1, 0.15) is 29.8 Å². The van der Waals surface area contributed by atoms with Crippen LogP contribution in [-0.2, 0) is 6.18 Å². The van der Waals surface area contributed by atoms with E-state index >= 15 is 0 Å². The first-order valence-corrected chi connectivity index (χ1v) is 6.50. The van der Waals surface area contributed by atoms with Crippen LogP contribution in [0.2, 0.25) is 0 Å². The van der Waals surface area contributed by atoms with Crippen LogP contribution in [0.25, 0.3) is 0 Å². The molecule has 21 heavy (non-hydrogen) atoms. The predicted molar refractivity (Wildman–Crippen MR) is 76.7 cm³/mol. The molecule has 2 unspecified atom stereocenters. The van der Waals surface area contributed by atoms with Crippen LogP contribution in [0.4, 0.5) is 13.2 Å². The number of alkyl halides is 3. The van der Waals surface area contributed by atoms with E-state index in [4.69, 9.17) is 0 Å². The molecule has 1 aliphatic heterocycles. The van der Waals surface area contributed by atoms with Gasteiger partial charge in [-0.25, -0.2) is 0 Å². The number of amides is 1. The van der Waals surface area contributed by atoms with Crippen LogP contribution >= 0.6 is 12.4 Å². The van der Waals surface area contributed by atoms with E-state index in [1.807, 2.05) is 13.8 Å². The van der Waals surface area contributed by atoms with E-state index in [-0.39, 0.29) is 30.4 Å². The van der Waals surface area contributed by atoms with Crippen LogP contribution in [0.5, 0.6) is 0 Å². The summed E-state index contributed by atoms with van der Waals surface area (Å²) in [6.45, 7) is 5.13. The lowest BCUT2D eigenvalue weighted by Gasteiger charge is -2.37. The number of hydrogen-bond acceptors (Lipinski definition) is 2. The number of piperazine rings is 1. The van der Waals surface area contributed by atoms with Gasteiger partial charge in [0, 0.05) is 30.7 Å². The van der Waals surface area contributed by atoms with E-state index in [0.717, 1.165) is 12.1 Å². The van der Waals surface area contributed by atoms with Crippen molar-refractivity contribution in [2.24, 2.45) is 0 Å². The fourth-order valence-corrected chi connectivity index (χ4v) is 2.27. The lowest BCUT2D eigenvalue weighted by atomic mass is 10.1. The quantitative estimate of drug-likeness (QED) is 0.862. The van der Waals surface area contributed by atoms with Gasteiger partial charge in [0.25, 0.3) is 5.91 Å². The first-order chi connectivity index (χ1) is 9.29. The van der Waals surface area contributed by atoms with Gasteiger partial charge >= 0.3 is 6.18 Å². The molecule has 7 heteroatoms. The molecule has 2 atom stereocenters. The normalized spacial score (nSPS) is 22.6. The van der Waals surface area contributed by atoms with E-state index < -0.39 is 11.7 Å². The minimum absolute atomic E-state index is 0. The number of benzene rings is 1. The number of nitrogens with zero attached hydrogens (tertiary/aromatic N) is 1. The van der Waals surface area contributed by atoms with Gasteiger partial charge in [0.1, 0.15) is 0 Å². The van der Waals surface area contributed by atoms with Crippen LogP contribution in [-0.4, -0.2) is 36.0 Å². The summed E-state index contributed by atoms with van der Waals surface area (Å²) in [5.74, 6) is -0.223. The molecule has 0 aromatic heterocycles. The summed E-state index contributed by atoms with van der Waals surface area (Å²) in [4.78, 5) is 14.0. The van der Waals surface area contributed by atoms with Crippen LogP contribution in [0.15, 0.2) is 24.3 Å². The third kappa shape index (κ3) is 4.11. The molecule has 1 fully saturated rings. The molecule has 0 radical (unpaired) electrons. The van der Waals surface area contributed by atoms with Crippen molar-refractivity contribution in [3.8, 4) is 0 Å². The van der Waals surface area contributed by atoms with Crippen molar-refractivity contribution in [3.05, 3.63) is 35.4 Å². The van der Waals surface area contributed by atoms with Gasteiger partial charge in [0.2, 0.25) is 0 Å². The molecule has 2 rings (SSSR count). The van der Waals surface area contributed by atoms with E-state index in [0.29, 0.717) is 18.7 Å². The zero-order chi connectivity index (χ0) is 14.9. The number of carbonyl (C=O) groups excluding carboxylic acids is 1. The maximum Gasteiger partial charge on any atom is 0.416 e. The topological polar surface area (TPSA) is 32.3 Å². The highest BCUT2D eigenvalue weighted by atomic mass is 35.5. The van der Waals surface area contributed by atoms with Crippen molar-refractivity contribution < 1.29 is 18.0 Å². The second-order valence-corrected chi connectivity index (χ2v) is 5.19. The molecule has 1 amide bonds. The molecule has 0 spiro atoms. The molecule has 1 saturated heterocycles. The van der Waals surface area contributed by atoms with Crippen LogP contribution < -0.4 is 5.32 Å². The minimum Gasteiger partial charge on any atom is -0.333 e. The number of carbonyl (C=O) groups is 1. The summed E-state index contributed by atoms with van der Waals surface area (Å²) in [5.41, 5.74) is -0.449. The maximum absolute atomic E-state index is 12.5. The molecule has 1 aromatic carbocycles. The molecule has 0 aliphatic carbocycles. The van der Waals surface area contributed by atoms with Gasteiger partial charge < -0.3 is 10.2 Å². The monoisotopic (exact) mass is 322 g/mol. The number of halogens is 4. The average Bonchev–Trinajstić information content (AvgIpc) is 2.40. The van der Waals surface area contributed by atoms with Gasteiger partial charge in [-0.1, -0.05) is 0 Å². The number of nitrogens with one attached hydrogen (secondary N) is 1. The molecule has 0 bridgehead atoms. The van der Waals surface area contributed by atoms with E-state index in [2.05, 4.69) is 5.32 Å². The van der Waals surface area contributed by atoms with Crippen molar-refractivity contribution in [2.45, 2.75) is 32.1 Å². The summed E-state index contributed by atoms with van der Waals surface area (Å²) < 4.78 is 37.5. The Balaban J connectivity index is 0.00000220. The molecule has 0 saturated carbocycles. The lowest BCUT2D eigenvalue weighted by molar-refractivity contribution is -0.137. The average molecular weight is 323 g/mol. The van der Waals surface area contributed by atoms with Crippen molar-refractivity contribution in [2.75, 3.05) is 13.1 Å². The Labute approximate surface area is 127 Å².